The van der Waals surface area contributed by atoms with Crippen molar-refractivity contribution in [3.8, 4) is 0 Å². The van der Waals surface area contributed by atoms with Crippen molar-refractivity contribution in [3.63, 3.8) is 0 Å². The first-order valence-electron chi connectivity index (χ1n) is 7.89. The molecule has 0 saturated heterocycles. The third-order valence-corrected chi connectivity index (χ3v) is 6.21. The standard InChI is InChI=1S/C16H22N4O3S2/c1-10(2)15-19-20-16(24-15)18-14(21)7-8-17-25(22,23)13-6-5-11(3)12(4)9-13/h5-6,9-10,17H,7-8H2,1-4H3,(H,18,20,21). The largest absolute Gasteiger partial charge is 0.300 e. The number of aromatic nitrogens is 2. The lowest BCUT2D eigenvalue weighted by atomic mass is 10.1. The number of carbonyl (C=O) groups excluding carboxylic acids is 1. The van der Waals surface area contributed by atoms with Crippen LogP contribution in [-0.4, -0.2) is 31.1 Å². The fourth-order valence-electron chi connectivity index (χ4n) is 1.96. The summed E-state index contributed by atoms with van der Waals surface area (Å²) in [7, 11) is -3.63. The van der Waals surface area contributed by atoms with Gasteiger partial charge in [-0.3, -0.25) is 4.79 Å². The first kappa shape index (κ1) is 19.5. The second-order valence-electron chi connectivity index (χ2n) is 6.04. The number of nitrogens with zero attached hydrogens (tertiary/aromatic N) is 2. The number of anilines is 1. The van der Waals surface area contributed by atoms with Crippen molar-refractivity contribution < 1.29 is 13.2 Å². The summed E-state index contributed by atoms with van der Waals surface area (Å²) in [6.45, 7) is 7.77. The van der Waals surface area contributed by atoms with Crippen LogP contribution in [0.5, 0.6) is 0 Å². The van der Waals surface area contributed by atoms with Crippen molar-refractivity contribution in [1.82, 2.24) is 14.9 Å². The molecule has 0 unspecified atom stereocenters. The van der Waals surface area contributed by atoms with E-state index in [1.54, 1.807) is 18.2 Å². The van der Waals surface area contributed by atoms with Gasteiger partial charge in [0.2, 0.25) is 21.1 Å². The van der Waals surface area contributed by atoms with Crippen molar-refractivity contribution >= 4 is 32.4 Å². The van der Waals surface area contributed by atoms with E-state index in [1.165, 1.54) is 11.3 Å². The molecule has 0 fully saturated rings. The monoisotopic (exact) mass is 382 g/mol. The van der Waals surface area contributed by atoms with Crippen LogP contribution in [0.3, 0.4) is 0 Å². The van der Waals surface area contributed by atoms with Gasteiger partial charge in [-0.1, -0.05) is 31.3 Å². The van der Waals surface area contributed by atoms with Gasteiger partial charge in [-0.2, -0.15) is 0 Å². The highest BCUT2D eigenvalue weighted by molar-refractivity contribution is 7.89. The number of rotatable bonds is 7. The molecule has 1 amide bonds. The summed E-state index contributed by atoms with van der Waals surface area (Å²) in [6, 6.07) is 4.93. The maximum Gasteiger partial charge on any atom is 0.240 e. The Morgan fingerprint density at radius 1 is 1.20 bits per heavy atom. The zero-order valence-corrected chi connectivity index (χ0v) is 16.3. The van der Waals surface area contributed by atoms with Crippen LogP contribution in [0.4, 0.5) is 5.13 Å². The van der Waals surface area contributed by atoms with Crippen LogP contribution in [-0.2, 0) is 14.8 Å². The van der Waals surface area contributed by atoms with Gasteiger partial charge in [-0.25, -0.2) is 13.1 Å². The molecule has 0 aliphatic rings. The lowest BCUT2D eigenvalue weighted by Crippen LogP contribution is -2.28. The van der Waals surface area contributed by atoms with Crippen LogP contribution in [0.15, 0.2) is 23.1 Å². The van der Waals surface area contributed by atoms with Crippen molar-refractivity contribution in [2.24, 2.45) is 0 Å². The topological polar surface area (TPSA) is 101 Å². The summed E-state index contributed by atoms with van der Waals surface area (Å²) in [6.07, 6.45) is 0.0145. The Bertz CT molecular complexity index is 860. The number of amides is 1. The average molecular weight is 383 g/mol. The summed E-state index contributed by atoms with van der Waals surface area (Å²) in [5.41, 5.74) is 1.92. The molecule has 136 valence electrons. The number of sulfonamides is 1. The van der Waals surface area contributed by atoms with Gasteiger partial charge >= 0.3 is 0 Å². The van der Waals surface area contributed by atoms with E-state index in [0.717, 1.165) is 16.1 Å². The molecule has 25 heavy (non-hydrogen) atoms. The molecule has 2 aromatic rings. The second-order valence-corrected chi connectivity index (χ2v) is 8.82. The highest BCUT2D eigenvalue weighted by atomic mass is 32.2. The Morgan fingerprint density at radius 3 is 2.52 bits per heavy atom. The number of hydrogen-bond acceptors (Lipinski definition) is 6. The first-order valence-corrected chi connectivity index (χ1v) is 10.2. The molecule has 1 aromatic carbocycles. The van der Waals surface area contributed by atoms with Gasteiger partial charge in [0, 0.05) is 18.9 Å². The van der Waals surface area contributed by atoms with E-state index in [-0.39, 0.29) is 29.7 Å². The number of nitrogens with one attached hydrogen (secondary N) is 2. The molecule has 0 aliphatic carbocycles. The average Bonchev–Trinajstić information content (AvgIpc) is 2.98. The van der Waals surface area contributed by atoms with Crippen LogP contribution in [0.2, 0.25) is 0 Å². The van der Waals surface area contributed by atoms with Gasteiger partial charge in [0.25, 0.3) is 0 Å². The Morgan fingerprint density at radius 2 is 1.92 bits per heavy atom. The van der Waals surface area contributed by atoms with Crippen molar-refractivity contribution in [3.05, 3.63) is 34.3 Å². The summed E-state index contributed by atoms with van der Waals surface area (Å²) < 4.78 is 26.9. The maximum atomic E-state index is 12.3. The third-order valence-electron chi connectivity index (χ3n) is 3.61. The fraction of sp³-hybridized carbons (Fsp3) is 0.438. The molecule has 7 nitrogen and oxygen atoms in total. The van der Waals surface area contributed by atoms with Gasteiger partial charge in [0.05, 0.1) is 4.90 Å². The van der Waals surface area contributed by atoms with Crippen molar-refractivity contribution in [2.45, 2.75) is 44.9 Å². The zero-order valence-electron chi connectivity index (χ0n) is 14.7. The molecular formula is C16H22N4O3S2. The van der Waals surface area contributed by atoms with E-state index in [2.05, 4.69) is 20.2 Å². The summed E-state index contributed by atoms with van der Waals surface area (Å²) in [5.74, 6) is -0.0674. The number of aryl methyl sites for hydroxylation is 2. The zero-order chi connectivity index (χ0) is 18.6. The molecule has 2 N–H and O–H groups in total. The van der Waals surface area contributed by atoms with Gasteiger partial charge in [-0.05, 0) is 37.1 Å². The molecule has 0 aliphatic heterocycles. The lowest BCUT2D eigenvalue weighted by Gasteiger charge is -2.08. The van der Waals surface area contributed by atoms with Crippen LogP contribution in [0, 0.1) is 13.8 Å². The summed E-state index contributed by atoms with van der Waals surface area (Å²) in [4.78, 5) is 12.1. The fourth-order valence-corrected chi connectivity index (χ4v) is 3.84. The molecule has 0 atom stereocenters. The van der Waals surface area contributed by atoms with E-state index in [9.17, 15) is 13.2 Å². The Kier molecular flexibility index (Phi) is 6.26. The Hall–Kier alpha value is -1.84. The van der Waals surface area contributed by atoms with Crippen molar-refractivity contribution in [1.29, 1.82) is 0 Å². The van der Waals surface area contributed by atoms with Crippen LogP contribution < -0.4 is 10.0 Å². The van der Waals surface area contributed by atoms with Gasteiger partial charge in [-0.15, -0.1) is 10.2 Å². The molecule has 0 bridgehead atoms. The minimum Gasteiger partial charge on any atom is -0.300 e. The molecule has 0 saturated carbocycles. The van der Waals surface area contributed by atoms with Crippen LogP contribution in [0.25, 0.3) is 0 Å². The molecule has 0 spiro atoms. The molecule has 0 radical (unpaired) electrons. The molecule has 1 heterocycles. The second kappa shape index (κ2) is 8.03. The molecule has 9 heteroatoms. The maximum absolute atomic E-state index is 12.3. The van der Waals surface area contributed by atoms with E-state index < -0.39 is 10.0 Å². The lowest BCUT2D eigenvalue weighted by molar-refractivity contribution is -0.116. The minimum atomic E-state index is -3.63. The predicted octanol–water partition coefficient (Wildman–Crippen LogP) is 2.59. The summed E-state index contributed by atoms with van der Waals surface area (Å²) in [5, 5.41) is 11.8. The van der Waals surface area contributed by atoms with Crippen LogP contribution >= 0.6 is 11.3 Å². The highest BCUT2D eigenvalue weighted by Crippen LogP contribution is 2.22. The van der Waals surface area contributed by atoms with E-state index in [0.29, 0.717) is 5.13 Å². The van der Waals surface area contributed by atoms with Crippen molar-refractivity contribution in [2.75, 3.05) is 11.9 Å². The van der Waals surface area contributed by atoms with Crippen LogP contribution in [0.1, 0.15) is 42.3 Å². The van der Waals surface area contributed by atoms with E-state index in [4.69, 9.17) is 0 Å². The normalized spacial score (nSPS) is 11.7. The molecule has 1 aromatic heterocycles. The molecular weight excluding hydrogens is 360 g/mol. The van der Waals surface area contributed by atoms with E-state index in [1.807, 2.05) is 27.7 Å². The van der Waals surface area contributed by atoms with Gasteiger partial charge in [0.1, 0.15) is 5.01 Å². The SMILES string of the molecule is Cc1ccc(S(=O)(=O)NCCC(=O)Nc2nnc(C(C)C)s2)cc1C. The third kappa shape index (κ3) is 5.32. The molecule has 2 rings (SSSR count). The number of benzene rings is 1. The quantitative estimate of drug-likeness (QED) is 0.766. The minimum absolute atomic E-state index is 0.0108. The highest BCUT2D eigenvalue weighted by Gasteiger charge is 2.15. The Balaban J connectivity index is 1.88. The Labute approximate surface area is 151 Å². The van der Waals surface area contributed by atoms with E-state index >= 15 is 0 Å². The predicted molar refractivity (Wildman–Crippen MR) is 98.3 cm³/mol. The van der Waals surface area contributed by atoms with Gasteiger partial charge in [0.15, 0.2) is 0 Å². The smallest absolute Gasteiger partial charge is 0.240 e. The first-order chi connectivity index (χ1) is 11.7. The number of carbonyl (C=O) groups is 1. The summed E-state index contributed by atoms with van der Waals surface area (Å²) >= 11 is 1.32. The number of hydrogen-bond donors (Lipinski definition) is 2. The van der Waals surface area contributed by atoms with Gasteiger partial charge < -0.3 is 5.32 Å².